The Hall–Kier alpha value is -1.13. The highest BCUT2D eigenvalue weighted by Gasteiger charge is 2.05. The standard InChI is InChI=1S/C13H12BrNOS/c1-17(16,13-8-3-2-4-9-13)15-12-7-5-6-11(14)10-12/h2-10H,1H3/t17-/m1/s1. The van der Waals surface area contributed by atoms with Gasteiger partial charge in [0.25, 0.3) is 0 Å². The maximum absolute atomic E-state index is 12.5. The van der Waals surface area contributed by atoms with Gasteiger partial charge in [0.15, 0.2) is 0 Å². The highest BCUT2D eigenvalue weighted by Crippen LogP contribution is 2.22. The Morgan fingerprint density at radius 3 is 2.41 bits per heavy atom. The molecule has 0 aliphatic carbocycles. The largest absolute Gasteiger partial charge is 0.245 e. The van der Waals surface area contributed by atoms with Crippen LogP contribution in [0, 0.1) is 0 Å². The first-order chi connectivity index (χ1) is 8.08. The van der Waals surface area contributed by atoms with Gasteiger partial charge >= 0.3 is 0 Å². The number of hydrogen-bond acceptors (Lipinski definition) is 2. The lowest BCUT2D eigenvalue weighted by Crippen LogP contribution is -1.95. The number of rotatable bonds is 2. The van der Waals surface area contributed by atoms with Crippen LogP contribution in [0.25, 0.3) is 0 Å². The summed E-state index contributed by atoms with van der Waals surface area (Å²) in [7, 11) is -2.38. The van der Waals surface area contributed by atoms with Gasteiger partial charge in [-0.15, -0.1) is 0 Å². The molecule has 0 fully saturated rings. The van der Waals surface area contributed by atoms with E-state index in [4.69, 9.17) is 0 Å². The average Bonchev–Trinajstić information content (AvgIpc) is 2.29. The summed E-state index contributed by atoms with van der Waals surface area (Å²) < 4.78 is 17.7. The molecule has 0 bridgehead atoms. The van der Waals surface area contributed by atoms with Crippen molar-refractivity contribution in [2.45, 2.75) is 4.90 Å². The number of nitrogens with zero attached hydrogens (tertiary/aromatic N) is 1. The first-order valence-electron chi connectivity index (χ1n) is 5.11. The zero-order chi connectivity index (χ0) is 12.3. The lowest BCUT2D eigenvalue weighted by Gasteiger charge is -2.04. The van der Waals surface area contributed by atoms with E-state index in [1.807, 2.05) is 54.6 Å². The lowest BCUT2D eigenvalue weighted by molar-refractivity contribution is 0.681. The normalized spacial score (nSPS) is 14.0. The second kappa shape index (κ2) is 5.02. The van der Waals surface area contributed by atoms with Gasteiger partial charge in [0.2, 0.25) is 0 Å². The fraction of sp³-hybridized carbons (Fsp3) is 0.0769. The molecule has 0 aliphatic rings. The van der Waals surface area contributed by atoms with Crippen LogP contribution in [0.5, 0.6) is 0 Å². The molecule has 4 heteroatoms. The predicted molar refractivity (Wildman–Crippen MR) is 75.0 cm³/mol. The van der Waals surface area contributed by atoms with Crippen LogP contribution in [0.3, 0.4) is 0 Å². The van der Waals surface area contributed by atoms with Crippen LogP contribution in [0.4, 0.5) is 5.69 Å². The topological polar surface area (TPSA) is 29.4 Å². The van der Waals surface area contributed by atoms with Gasteiger partial charge in [0, 0.05) is 15.6 Å². The third kappa shape index (κ3) is 3.17. The Balaban J connectivity index is 2.49. The molecule has 88 valence electrons. The van der Waals surface area contributed by atoms with Crippen LogP contribution in [0.2, 0.25) is 0 Å². The van der Waals surface area contributed by atoms with Gasteiger partial charge < -0.3 is 0 Å². The minimum Gasteiger partial charge on any atom is -0.245 e. The molecule has 0 N–H and O–H groups in total. The van der Waals surface area contributed by atoms with Crippen LogP contribution >= 0.6 is 15.9 Å². The van der Waals surface area contributed by atoms with Crippen molar-refractivity contribution in [3.05, 3.63) is 59.1 Å². The summed E-state index contributed by atoms with van der Waals surface area (Å²) in [6.45, 7) is 0. The maximum atomic E-state index is 12.5. The minimum atomic E-state index is -2.38. The van der Waals surface area contributed by atoms with Crippen molar-refractivity contribution in [2.75, 3.05) is 6.26 Å². The summed E-state index contributed by atoms with van der Waals surface area (Å²) >= 11 is 3.37. The summed E-state index contributed by atoms with van der Waals surface area (Å²) in [5, 5.41) is 0. The second-order valence-corrected chi connectivity index (χ2v) is 6.86. The molecule has 0 radical (unpaired) electrons. The van der Waals surface area contributed by atoms with Gasteiger partial charge in [-0.25, -0.2) is 4.21 Å². The van der Waals surface area contributed by atoms with Gasteiger partial charge in [0.05, 0.1) is 15.4 Å². The van der Waals surface area contributed by atoms with E-state index in [0.717, 1.165) is 15.1 Å². The molecular weight excluding hydrogens is 298 g/mol. The summed E-state index contributed by atoms with van der Waals surface area (Å²) in [5.41, 5.74) is 0.718. The van der Waals surface area contributed by atoms with E-state index in [0.29, 0.717) is 0 Å². The Morgan fingerprint density at radius 2 is 1.76 bits per heavy atom. The summed E-state index contributed by atoms with van der Waals surface area (Å²) in [4.78, 5) is 0.750. The molecule has 17 heavy (non-hydrogen) atoms. The Labute approximate surface area is 110 Å². The van der Waals surface area contributed by atoms with Crippen molar-refractivity contribution in [1.29, 1.82) is 0 Å². The molecule has 2 nitrogen and oxygen atoms in total. The van der Waals surface area contributed by atoms with E-state index >= 15 is 0 Å². The fourth-order valence-corrected chi connectivity index (χ4v) is 3.13. The van der Waals surface area contributed by atoms with Crippen molar-refractivity contribution in [2.24, 2.45) is 4.36 Å². The number of hydrogen-bond donors (Lipinski definition) is 0. The van der Waals surface area contributed by atoms with Crippen LogP contribution < -0.4 is 0 Å². The first-order valence-corrected chi connectivity index (χ1v) is 7.82. The molecular formula is C13H12BrNOS. The van der Waals surface area contributed by atoms with Crippen molar-refractivity contribution < 1.29 is 4.21 Å². The molecule has 2 rings (SSSR count). The molecule has 0 unspecified atom stereocenters. The third-order valence-corrected chi connectivity index (χ3v) is 4.47. The van der Waals surface area contributed by atoms with E-state index in [9.17, 15) is 4.21 Å². The molecule has 0 aromatic heterocycles. The van der Waals surface area contributed by atoms with E-state index in [-0.39, 0.29) is 0 Å². The monoisotopic (exact) mass is 309 g/mol. The van der Waals surface area contributed by atoms with Gasteiger partial charge in [-0.3, -0.25) is 0 Å². The smallest absolute Gasteiger partial charge is 0.0771 e. The zero-order valence-electron chi connectivity index (χ0n) is 9.34. The molecule has 2 aromatic carbocycles. The number of benzene rings is 2. The van der Waals surface area contributed by atoms with Crippen molar-refractivity contribution >= 4 is 31.3 Å². The van der Waals surface area contributed by atoms with E-state index in [2.05, 4.69) is 20.3 Å². The van der Waals surface area contributed by atoms with Crippen molar-refractivity contribution in [1.82, 2.24) is 0 Å². The van der Waals surface area contributed by atoms with E-state index in [1.165, 1.54) is 0 Å². The average molecular weight is 310 g/mol. The Morgan fingerprint density at radius 1 is 1.06 bits per heavy atom. The van der Waals surface area contributed by atoms with Gasteiger partial charge in [0.1, 0.15) is 0 Å². The Kier molecular flexibility index (Phi) is 3.64. The van der Waals surface area contributed by atoms with E-state index in [1.54, 1.807) is 6.26 Å². The van der Waals surface area contributed by atoms with Crippen LogP contribution in [-0.2, 0) is 9.73 Å². The number of halogens is 1. The maximum Gasteiger partial charge on any atom is 0.0771 e. The predicted octanol–water partition coefficient (Wildman–Crippen LogP) is 4.24. The molecule has 0 spiro atoms. The summed E-state index contributed by atoms with van der Waals surface area (Å²) in [6.07, 6.45) is 1.66. The molecule has 0 saturated carbocycles. The summed E-state index contributed by atoms with van der Waals surface area (Å²) in [6, 6.07) is 16.8. The molecule has 0 heterocycles. The second-order valence-electron chi connectivity index (χ2n) is 3.69. The molecule has 0 aliphatic heterocycles. The van der Waals surface area contributed by atoms with Crippen LogP contribution in [0.1, 0.15) is 0 Å². The van der Waals surface area contributed by atoms with Crippen molar-refractivity contribution in [3.63, 3.8) is 0 Å². The SMILES string of the molecule is C[S@](=O)(=Nc1cccc(Br)c1)c1ccccc1. The van der Waals surface area contributed by atoms with Gasteiger partial charge in [-0.2, -0.15) is 4.36 Å². The van der Waals surface area contributed by atoms with Crippen LogP contribution in [0.15, 0.2) is 68.3 Å². The first kappa shape index (κ1) is 12.3. The highest BCUT2D eigenvalue weighted by atomic mass is 79.9. The highest BCUT2D eigenvalue weighted by molar-refractivity contribution is 9.10. The molecule has 2 aromatic rings. The van der Waals surface area contributed by atoms with E-state index < -0.39 is 9.73 Å². The fourth-order valence-electron chi connectivity index (χ4n) is 1.46. The van der Waals surface area contributed by atoms with Gasteiger partial charge in [-0.05, 0) is 30.3 Å². The minimum absolute atomic E-state index is 0.718. The lowest BCUT2D eigenvalue weighted by atomic mass is 10.3. The Bertz CT molecular complexity index is 631. The third-order valence-electron chi connectivity index (χ3n) is 2.27. The molecule has 0 amide bonds. The summed E-state index contributed by atoms with van der Waals surface area (Å²) in [5.74, 6) is 0. The zero-order valence-corrected chi connectivity index (χ0v) is 11.7. The molecule has 0 saturated heterocycles. The van der Waals surface area contributed by atoms with Crippen molar-refractivity contribution in [3.8, 4) is 0 Å². The quantitative estimate of drug-likeness (QED) is 0.816. The molecule has 1 atom stereocenters. The van der Waals surface area contributed by atoms with Gasteiger partial charge in [-0.1, -0.05) is 40.2 Å². The van der Waals surface area contributed by atoms with Crippen LogP contribution in [-0.4, -0.2) is 10.5 Å².